The zero-order valence-electron chi connectivity index (χ0n) is 20.1. The smallest absolute Gasteiger partial charge is 0.329 e. The number of benzene rings is 2. The molecule has 4 aromatic rings. The maximum absolute atomic E-state index is 13.9. The minimum Gasteiger partial charge on any atom is -0.481 e. The van der Waals surface area contributed by atoms with Crippen molar-refractivity contribution in [2.24, 2.45) is 5.41 Å². The van der Waals surface area contributed by atoms with Crippen LogP contribution in [0.5, 0.6) is 0 Å². The predicted octanol–water partition coefficient (Wildman–Crippen LogP) is 5.25. The third-order valence-electron chi connectivity index (χ3n) is 8.00. The van der Waals surface area contributed by atoms with Gasteiger partial charge in [-0.05, 0) is 49.1 Å². The summed E-state index contributed by atoms with van der Waals surface area (Å²) in [7, 11) is 0. The molecule has 0 radical (unpaired) electrons. The van der Waals surface area contributed by atoms with E-state index in [-0.39, 0.29) is 17.9 Å². The van der Waals surface area contributed by atoms with E-state index in [0.717, 1.165) is 41.3 Å². The van der Waals surface area contributed by atoms with Gasteiger partial charge in [0.2, 0.25) is 0 Å². The lowest BCUT2D eigenvalue weighted by atomic mass is 9.63. The van der Waals surface area contributed by atoms with E-state index in [2.05, 4.69) is 9.97 Å². The van der Waals surface area contributed by atoms with Crippen molar-refractivity contribution in [2.45, 2.75) is 64.3 Å². The molecular formula is C28H31N3O4. The van der Waals surface area contributed by atoms with E-state index in [4.69, 9.17) is 0 Å². The van der Waals surface area contributed by atoms with Gasteiger partial charge in [-0.3, -0.25) is 14.2 Å². The minimum atomic E-state index is -0.899. The van der Waals surface area contributed by atoms with Crippen LogP contribution in [0.25, 0.3) is 21.8 Å². The molecule has 1 saturated carbocycles. The van der Waals surface area contributed by atoms with E-state index >= 15 is 0 Å². The van der Waals surface area contributed by atoms with Crippen LogP contribution in [0.15, 0.2) is 58.3 Å². The van der Waals surface area contributed by atoms with Crippen LogP contribution in [-0.2, 0) is 4.79 Å². The Kier molecular flexibility index (Phi) is 5.87. The largest absolute Gasteiger partial charge is 0.481 e. The Morgan fingerprint density at radius 2 is 1.77 bits per heavy atom. The number of nitrogens with one attached hydrogen (secondary N) is 2. The van der Waals surface area contributed by atoms with Crippen LogP contribution in [0.1, 0.15) is 68.5 Å². The molecule has 0 bridgehead atoms. The summed E-state index contributed by atoms with van der Waals surface area (Å²) in [5, 5.41) is 11.5. The molecule has 0 aliphatic heterocycles. The summed E-state index contributed by atoms with van der Waals surface area (Å²) < 4.78 is 1.33. The molecule has 5 rings (SSSR count). The Morgan fingerprint density at radius 3 is 2.51 bits per heavy atom. The molecule has 1 aliphatic rings. The molecule has 182 valence electrons. The molecule has 7 heteroatoms. The fraction of sp³-hybridized carbons (Fsp3) is 0.393. The first-order valence-electron chi connectivity index (χ1n) is 12.3. The SMILES string of the molecule is Cc1cccc2[nH]cc(C(C)C(n3c(=O)[nH]c4ccccc4c3=O)C3(CC(=O)O)CCCCC3)c12. The van der Waals surface area contributed by atoms with Crippen LogP contribution < -0.4 is 11.2 Å². The quantitative estimate of drug-likeness (QED) is 0.355. The number of rotatable bonds is 6. The van der Waals surface area contributed by atoms with Gasteiger partial charge in [0.1, 0.15) is 0 Å². The van der Waals surface area contributed by atoms with Crippen LogP contribution in [0.2, 0.25) is 0 Å². The second-order valence-corrected chi connectivity index (χ2v) is 10.1. The van der Waals surface area contributed by atoms with Gasteiger partial charge in [0, 0.05) is 28.4 Å². The van der Waals surface area contributed by atoms with E-state index in [1.807, 2.05) is 38.2 Å². The van der Waals surface area contributed by atoms with Gasteiger partial charge < -0.3 is 15.1 Å². The number of carbonyl (C=O) groups is 1. The third-order valence-corrected chi connectivity index (χ3v) is 8.00. The van der Waals surface area contributed by atoms with Crippen molar-refractivity contribution in [1.82, 2.24) is 14.5 Å². The Hall–Kier alpha value is -3.61. The van der Waals surface area contributed by atoms with Crippen molar-refractivity contribution < 1.29 is 9.90 Å². The number of hydrogen-bond donors (Lipinski definition) is 3. The van der Waals surface area contributed by atoms with E-state index < -0.39 is 23.1 Å². The average Bonchev–Trinajstić information content (AvgIpc) is 3.27. The summed E-state index contributed by atoms with van der Waals surface area (Å²) in [6.45, 7) is 4.07. The molecule has 0 amide bonds. The maximum Gasteiger partial charge on any atom is 0.329 e. The van der Waals surface area contributed by atoms with E-state index in [0.29, 0.717) is 23.7 Å². The molecule has 1 fully saturated rings. The third kappa shape index (κ3) is 3.89. The highest BCUT2D eigenvalue weighted by molar-refractivity contribution is 5.87. The number of aliphatic carboxylic acids is 1. The van der Waals surface area contributed by atoms with Gasteiger partial charge in [0.05, 0.1) is 23.4 Å². The molecule has 2 aromatic heterocycles. The van der Waals surface area contributed by atoms with Crippen molar-refractivity contribution in [1.29, 1.82) is 0 Å². The molecule has 2 aromatic carbocycles. The molecule has 35 heavy (non-hydrogen) atoms. The molecule has 0 spiro atoms. The zero-order chi connectivity index (χ0) is 24.7. The van der Waals surface area contributed by atoms with Crippen molar-refractivity contribution in [3.05, 3.63) is 80.6 Å². The van der Waals surface area contributed by atoms with Gasteiger partial charge in [-0.1, -0.05) is 50.5 Å². The Morgan fingerprint density at radius 1 is 1.06 bits per heavy atom. The van der Waals surface area contributed by atoms with Gasteiger partial charge in [-0.15, -0.1) is 0 Å². The molecule has 2 unspecified atom stereocenters. The molecule has 7 nitrogen and oxygen atoms in total. The number of carboxylic acid groups (broad SMARTS) is 1. The monoisotopic (exact) mass is 473 g/mol. The number of aromatic nitrogens is 3. The minimum absolute atomic E-state index is 0.0813. The van der Waals surface area contributed by atoms with E-state index in [9.17, 15) is 19.5 Å². The average molecular weight is 474 g/mol. The standard InChI is InChI=1S/C28H31N3O4/c1-17-9-8-12-22-24(17)20(16-29-22)18(2)25(28(15-23(32)33)13-6-3-7-14-28)31-26(34)19-10-4-5-11-21(19)30-27(31)35/h4-5,8-12,16,18,25,29H,3,6-7,13-15H2,1-2H3,(H,30,35)(H,32,33). The summed E-state index contributed by atoms with van der Waals surface area (Å²) in [6, 6.07) is 12.4. The zero-order valence-corrected chi connectivity index (χ0v) is 20.1. The molecule has 2 heterocycles. The Bertz CT molecular complexity index is 1520. The lowest BCUT2D eigenvalue weighted by Gasteiger charge is -2.45. The topological polar surface area (TPSA) is 108 Å². The normalized spacial score (nSPS) is 17.4. The first-order valence-corrected chi connectivity index (χ1v) is 12.3. The van der Waals surface area contributed by atoms with Crippen LogP contribution in [0.4, 0.5) is 0 Å². The number of nitrogens with zero attached hydrogens (tertiary/aromatic N) is 1. The summed E-state index contributed by atoms with van der Waals surface area (Å²) in [5.41, 5.74) is 2.00. The highest BCUT2D eigenvalue weighted by Gasteiger charge is 2.47. The first-order chi connectivity index (χ1) is 16.8. The number of H-pyrrole nitrogens is 2. The van der Waals surface area contributed by atoms with Gasteiger partial charge in [-0.2, -0.15) is 0 Å². The lowest BCUT2D eigenvalue weighted by Crippen LogP contribution is -2.48. The first kappa shape index (κ1) is 23.1. The molecule has 0 saturated heterocycles. The number of carboxylic acids is 1. The van der Waals surface area contributed by atoms with Crippen LogP contribution >= 0.6 is 0 Å². The number of aromatic amines is 2. The van der Waals surface area contributed by atoms with Gasteiger partial charge in [0.25, 0.3) is 5.56 Å². The summed E-state index contributed by atoms with van der Waals surface area (Å²) in [6.07, 6.45) is 5.97. The summed E-state index contributed by atoms with van der Waals surface area (Å²) in [4.78, 5) is 45.8. The number of hydrogen-bond acceptors (Lipinski definition) is 3. The summed E-state index contributed by atoms with van der Waals surface area (Å²) in [5.74, 6) is -1.17. The number of para-hydroxylation sites is 1. The van der Waals surface area contributed by atoms with E-state index in [1.54, 1.807) is 24.3 Å². The van der Waals surface area contributed by atoms with Crippen molar-refractivity contribution in [3.8, 4) is 0 Å². The fourth-order valence-corrected chi connectivity index (χ4v) is 6.52. The van der Waals surface area contributed by atoms with Gasteiger partial charge in [0.15, 0.2) is 0 Å². The van der Waals surface area contributed by atoms with Crippen LogP contribution in [0, 0.1) is 12.3 Å². The van der Waals surface area contributed by atoms with Gasteiger partial charge in [-0.25, -0.2) is 4.79 Å². The maximum atomic E-state index is 13.9. The van der Waals surface area contributed by atoms with Crippen molar-refractivity contribution in [2.75, 3.05) is 0 Å². The van der Waals surface area contributed by atoms with Crippen molar-refractivity contribution >= 4 is 27.8 Å². The molecule has 3 N–H and O–H groups in total. The number of fused-ring (bicyclic) bond motifs is 2. The van der Waals surface area contributed by atoms with Crippen LogP contribution in [0.3, 0.4) is 0 Å². The molecule has 2 atom stereocenters. The predicted molar refractivity (Wildman–Crippen MR) is 137 cm³/mol. The molecular weight excluding hydrogens is 442 g/mol. The Labute approximate surface area is 202 Å². The Balaban J connectivity index is 1.81. The van der Waals surface area contributed by atoms with E-state index in [1.165, 1.54) is 4.57 Å². The molecule has 1 aliphatic carbocycles. The van der Waals surface area contributed by atoms with Crippen molar-refractivity contribution in [3.63, 3.8) is 0 Å². The second kappa shape index (κ2) is 8.87. The van der Waals surface area contributed by atoms with Gasteiger partial charge >= 0.3 is 11.7 Å². The fourth-order valence-electron chi connectivity index (χ4n) is 6.52. The second-order valence-electron chi connectivity index (χ2n) is 10.1. The van der Waals surface area contributed by atoms with Crippen LogP contribution in [-0.4, -0.2) is 25.6 Å². The lowest BCUT2D eigenvalue weighted by molar-refractivity contribution is -0.141. The summed E-state index contributed by atoms with van der Waals surface area (Å²) >= 11 is 0. The number of aryl methyl sites for hydroxylation is 1. The highest BCUT2D eigenvalue weighted by atomic mass is 16.4. The highest BCUT2D eigenvalue weighted by Crippen LogP contribution is 2.53.